The number of piperidine rings is 1. The van der Waals surface area contributed by atoms with Crippen LogP contribution in [0.4, 0.5) is 10.1 Å². The standard InChI is InChI=1S/C22H28FN3O/c23-20-8-4-19(5-9-20)17-25-21-10-6-18(7-11-21)16-22(27)24-12-15-26-13-2-1-3-14-26/h4-11,25H,1-3,12-17H2,(H,24,27). The lowest BCUT2D eigenvalue weighted by Gasteiger charge is -2.26. The number of halogens is 1. The van der Waals surface area contributed by atoms with Gasteiger partial charge in [-0.3, -0.25) is 4.79 Å². The third kappa shape index (κ3) is 6.68. The Morgan fingerprint density at radius 2 is 1.59 bits per heavy atom. The number of anilines is 1. The summed E-state index contributed by atoms with van der Waals surface area (Å²) in [5, 5.41) is 6.32. The second-order valence-corrected chi connectivity index (χ2v) is 7.11. The first-order valence-electron chi connectivity index (χ1n) is 9.75. The van der Waals surface area contributed by atoms with Gasteiger partial charge in [0, 0.05) is 25.3 Å². The average molecular weight is 369 g/mol. The monoisotopic (exact) mass is 369 g/mol. The zero-order valence-corrected chi connectivity index (χ0v) is 15.7. The Morgan fingerprint density at radius 3 is 2.30 bits per heavy atom. The van der Waals surface area contributed by atoms with E-state index in [1.165, 1.54) is 31.4 Å². The fourth-order valence-corrected chi connectivity index (χ4v) is 3.33. The molecule has 1 saturated heterocycles. The second-order valence-electron chi connectivity index (χ2n) is 7.11. The summed E-state index contributed by atoms with van der Waals surface area (Å²) in [6, 6.07) is 14.3. The Balaban J connectivity index is 1.37. The number of nitrogens with zero attached hydrogens (tertiary/aromatic N) is 1. The third-order valence-electron chi connectivity index (χ3n) is 4.93. The van der Waals surface area contributed by atoms with Gasteiger partial charge < -0.3 is 15.5 Å². The molecule has 2 N–H and O–H groups in total. The third-order valence-corrected chi connectivity index (χ3v) is 4.93. The van der Waals surface area contributed by atoms with Gasteiger partial charge in [0.2, 0.25) is 5.91 Å². The lowest BCUT2D eigenvalue weighted by molar-refractivity contribution is -0.120. The van der Waals surface area contributed by atoms with Crippen LogP contribution in [0.15, 0.2) is 48.5 Å². The average Bonchev–Trinajstić information content (AvgIpc) is 2.69. The zero-order chi connectivity index (χ0) is 18.9. The summed E-state index contributed by atoms with van der Waals surface area (Å²) in [4.78, 5) is 14.5. The molecule has 0 radical (unpaired) electrons. The first-order chi connectivity index (χ1) is 13.2. The number of benzene rings is 2. The van der Waals surface area contributed by atoms with Crippen molar-refractivity contribution in [3.8, 4) is 0 Å². The molecule has 4 nitrogen and oxygen atoms in total. The molecule has 0 bridgehead atoms. The van der Waals surface area contributed by atoms with Crippen molar-refractivity contribution in [1.82, 2.24) is 10.2 Å². The van der Waals surface area contributed by atoms with E-state index in [2.05, 4.69) is 15.5 Å². The van der Waals surface area contributed by atoms with E-state index in [-0.39, 0.29) is 11.7 Å². The minimum absolute atomic E-state index is 0.0685. The molecule has 27 heavy (non-hydrogen) atoms. The molecule has 2 aromatic rings. The van der Waals surface area contributed by atoms with Gasteiger partial charge in [-0.05, 0) is 61.3 Å². The van der Waals surface area contributed by atoms with Crippen LogP contribution in [0.5, 0.6) is 0 Å². The Labute approximate surface area is 160 Å². The number of carbonyl (C=O) groups is 1. The van der Waals surface area contributed by atoms with Crippen LogP contribution in [0.2, 0.25) is 0 Å². The number of amides is 1. The van der Waals surface area contributed by atoms with Crippen LogP contribution in [-0.4, -0.2) is 37.0 Å². The van der Waals surface area contributed by atoms with E-state index in [0.29, 0.717) is 13.0 Å². The van der Waals surface area contributed by atoms with E-state index in [4.69, 9.17) is 0 Å². The maximum Gasteiger partial charge on any atom is 0.224 e. The van der Waals surface area contributed by atoms with Crippen molar-refractivity contribution in [1.29, 1.82) is 0 Å². The molecule has 0 aromatic heterocycles. The van der Waals surface area contributed by atoms with Gasteiger partial charge in [0.05, 0.1) is 6.42 Å². The van der Waals surface area contributed by atoms with E-state index in [0.717, 1.165) is 43.0 Å². The van der Waals surface area contributed by atoms with Crippen LogP contribution >= 0.6 is 0 Å². The lowest BCUT2D eigenvalue weighted by Crippen LogP contribution is -2.38. The van der Waals surface area contributed by atoms with Crippen LogP contribution in [0, 0.1) is 5.82 Å². The van der Waals surface area contributed by atoms with Crippen molar-refractivity contribution in [2.75, 3.05) is 31.5 Å². The normalized spacial score (nSPS) is 14.7. The van der Waals surface area contributed by atoms with Gasteiger partial charge in [-0.25, -0.2) is 4.39 Å². The molecule has 0 unspecified atom stereocenters. The first kappa shape index (κ1) is 19.4. The second kappa shape index (κ2) is 10.1. The van der Waals surface area contributed by atoms with Crippen LogP contribution in [0.1, 0.15) is 30.4 Å². The lowest BCUT2D eigenvalue weighted by atomic mass is 10.1. The molecule has 2 aromatic carbocycles. The van der Waals surface area contributed by atoms with E-state index >= 15 is 0 Å². The maximum atomic E-state index is 12.9. The van der Waals surface area contributed by atoms with Gasteiger partial charge in [0.15, 0.2) is 0 Å². The van der Waals surface area contributed by atoms with Gasteiger partial charge in [-0.15, -0.1) is 0 Å². The topological polar surface area (TPSA) is 44.4 Å². The van der Waals surface area contributed by atoms with E-state index in [1.54, 1.807) is 12.1 Å². The number of hydrogen-bond donors (Lipinski definition) is 2. The number of hydrogen-bond acceptors (Lipinski definition) is 3. The highest BCUT2D eigenvalue weighted by Gasteiger charge is 2.10. The van der Waals surface area contributed by atoms with E-state index in [9.17, 15) is 9.18 Å². The molecule has 1 aliphatic heterocycles. The highest BCUT2D eigenvalue weighted by atomic mass is 19.1. The van der Waals surface area contributed by atoms with Crippen LogP contribution < -0.4 is 10.6 Å². The van der Waals surface area contributed by atoms with Gasteiger partial charge in [-0.2, -0.15) is 0 Å². The number of carbonyl (C=O) groups excluding carboxylic acids is 1. The summed E-state index contributed by atoms with van der Waals surface area (Å²) in [6.45, 7) is 4.61. The molecule has 0 atom stereocenters. The minimum atomic E-state index is -0.225. The van der Waals surface area contributed by atoms with Crippen LogP contribution in [0.25, 0.3) is 0 Å². The molecule has 1 fully saturated rings. The van der Waals surface area contributed by atoms with Gasteiger partial charge in [0.1, 0.15) is 5.82 Å². The quantitative estimate of drug-likeness (QED) is 0.748. The van der Waals surface area contributed by atoms with E-state index < -0.39 is 0 Å². The number of rotatable bonds is 8. The fourth-order valence-electron chi connectivity index (χ4n) is 3.33. The Bertz CT molecular complexity index is 709. The Kier molecular flexibility index (Phi) is 7.22. The SMILES string of the molecule is O=C(Cc1ccc(NCc2ccc(F)cc2)cc1)NCCN1CCCCC1. The van der Waals surface area contributed by atoms with Crippen LogP contribution in [-0.2, 0) is 17.8 Å². The highest BCUT2D eigenvalue weighted by molar-refractivity contribution is 5.78. The smallest absolute Gasteiger partial charge is 0.224 e. The Morgan fingerprint density at radius 1 is 0.926 bits per heavy atom. The van der Waals surface area contributed by atoms with Crippen molar-refractivity contribution < 1.29 is 9.18 Å². The molecule has 0 spiro atoms. The molecule has 144 valence electrons. The molecule has 1 amide bonds. The van der Waals surface area contributed by atoms with Crippen molar-refractivity contribution in [2.24, 2.45) is 0 Å². The summed E-state index contributed by atoms with van der Waals surface area (Å²) >= 11 is 0. The molecule has 5 heteroatoms. The van der Waals surface area contributed by atoms with Crippen molar-refractivity contribution >= 4 is 11.6 Å². The van der Waals surface area contributed by atoms with Crippen molar-refractivity contribution in [3.05, 3.63) is 65.5 Å². The summed E-state index contributed by atoms with van der Waals surface area (Å²) in [5.74, 6) is -0.156. The fraction of sp³-hybridized carbons (Fsp3) is 0.409. The largest absolute Gasteiger partial charge is 0.381 e. The highest BCUT2D eigenvalue weighted by Crippen LogP contribution is 2.12. The molecular weight excluding hydrogens is 341 g/mol. The van der Waals surface area contributed by atoms with Crippen molar-refractivity contribution in [3.63, 3.8) is 0 Å². The zero-order valence-electron chi connectivity index (χ0n) is 15.7. The molecule has 3 rings (SSSR count). The van der Waals surface area contributed by atoms with Gasteiger partial charge in [0.25, 0.3) is 0 Å². The summed E-state index contributed by atoms with van der Waals surface area (Å²) < 4.78 is 12.9. The van der Waals surface area contributed by atoms with Crippen molar-refractivity contribution in [2.45, 2.75) is 32.2 Å². The predicted octanol–water partition coefficient (Wildman–Crippen LogP) is 3.58. The summed E-state index contributed by atoms with van der Waals surface area (Å²) in [6.07, 6.45) is 4.28. The van der Waals surface area contributed by atoms with Gasteiger partial charge >= 0.3 is 0 Å². The first-order valence-corrected chi connectivity index (χ1v) is 9.75. The minimum Gasteiger partial charge on any atom is -0.381 e. The molecule has 0 saturated carbocycles. The number of nitrogens with one attached hydrogen (secondary N) is 2. The van der Waals surface area contributed by atoms with Gasteiger partial charge in [-0.1, -0.05) is 30.7 Å². The summed E-state index contributed by atoms with van der Waals surface area (Å²) in [5.41, 5.74) is 3.00. The van der Waals surface area contributed by atoms with Crippen LogP contribution in [0.3, 0.4) is 0 Å². The Hall–Kier alpha value is -2.40. The molecular formula is C22H28FN3O. The summed E-state index contributed by atoms with van der Waals surface area (Å²) in [7, 11) is 0. The molecule has 0 aliphatic carbocycles. The predicted molar refractivity (Wildman–Crippen MR) is 107 cm³/mol. The molecule has 1 heterocycles. The number of likely N-dealkylation sites (tertiary alicyclic amines) is 1. The van der Waals surface area contributed by atoms with E-state index in [1.807, 2.05) is 24.3 Å². The maximum absolute atomic E-state index is 12.9. The molecule has 1 aliphatic rings.